The number of amides is 4. The Morgan fingerprint density at radius 2 is 2.00 bits per heavy atom. The molecule has 3 heterocycles. The number of nitrogens with one attached hydrogen (secondary N) is 2. The van der Waals surface area contributed by atoms with Crippen LogP contribution in [0.4, 0.5) is 4.79 Å². The van der Waals surface area contributed by atoms with Crippen molar-refractivity contribution in [1.82, 2.24) is 25.3 Å². The van der Waals surface area contributed by atoms with E-state index in [0.717, 1.165) is 25.9 Å². The molecular weight excluding hydrogens is 430 g/mol. The Kier molecular flexibility index (Phi) is 6.53. The molecule has 9 heteroatoms. The molecule has 2 N–H and O–H groups in total. The van der Waals surface area contributed by atoms with E-state index >= 15 is 0 Å². The summed E-state index contributed by atoms with van der Waals surface area (Å²) in [4.78, 5) is 44.2. The molecule has 1 aromatic rings. The van der Waals surface area contributed by atoms with Crippen LogP contribution in [0.25, 0.3) is 0 Å². The summed E-state index contributed by atoms with van der Waals surface area (Å²) in [6.07, 6.45) is 3.40. The third-order valence-electron chi connectivity index (χ3n) is 6.24. The predicted octanol–water partition coefficient (Wildman–Crippen LogP) is 1.90. The highest BCUT2D eigenvalue weighted by Gasteiger charge is 2.44. The van der Waals surface area contributed by atoms with Crippen molar-refractivity contribution in [1.29, 1.82) is 0 Å². The molecule has 0 saturated carbocycles. The van der Waals surface area contributed by atoms with Gasteiger partial charge in [0.25, 0.3) is 5.91 Å². The van der Waals surface area contributed by atoms with Crippen LogP contribution < -0.4 is 10.6 Å². The van der Waals surface area contributed by atoms with Gasteiger partial charge >= 0.3 is 6.03 Å². The largest absolute Gasteiger partial charge is 0.352 e. The molecule has 1 saturated heterocycles. The minimum atomic E-state index is -0.665. The molecule has 8 nitrogen and oxygen atoms in total. The topological polar surface area (TPSA) is 85.0 Å². The monoisotopic (exact) mass is 457 g/mol. The van der Waals surface area contributed by atoms with Crippen LogP contribution in [-0.2, 0) is 9.59 Å². The van der Waals surface area contributed by atoms with E-state index in [1.807, 2.05) is 6.07 Å². The lowest BCUT2D eigenvalue weighted by Gasteiger charge is -2.33. The summed E-state index contributed by atoms with van der Waals surface area (Å²) in [6, 6.07) is 6.27. The Bertz CT molecular complexity index is 970. The second-order valence-electron chi connectivity index (χ2n) is 8.47. The number of hydrogen-bond acceptors (Lipinski definition) is 4. The maximum atomic E-state index is 13.4. The normalized spacial score (nSPS) is 22.1. The molecule has 0 aliphatic carbocycles. The standard InChI is InChI=1S/C23H28ClN5O3/c1-3-10-29-18-13-28(14-19(30)25-15-8-11-27(2)12-9-15)22(31)20(18)21(26-23(29)32)16-6-4-5-7-17(16)24/h3-7,15,21H,1,8-14H2,2H3,(H,25,30)(H,26,32). The fourth-order valence-corrected chi connectivity index (χ4v) is 4.79. The zero-order chi connectivity index (χ0) is 22.8. The predicted molar refractivity (Wildman–Crippen MR) is 122 cm³/mol. The van der Waals surface area contributed by atoms with E-state index in [1.54, 1.807) is 24.3 Å². The van der Waals surface area contributed by atoms with Gasteiger partial charge in [-0.1, -0.05) is 35.9 Å². The number of rotatable bonds is 6. The Balaban J connectivity index is 1.54. The number of urea groups is 1. The number of nitrogens with zero attached hydrogens (tertiary/aromatic N) is 3. The van der Waals surface area contributed by atoms with E-state index in [1.165, 1.54) is 9.80 Å². The van der Waals surface area contributed by atoms with Crippen LogP contribution in [0, 0.1) is 0 Å². The Labute approximate surface area is 192 Å². The highest BCUT2D eigenvalue weighted by molar-refractivity contribution is 6.31. The fourth-order valence-electron chi connectivity index (χ4n) is 4.54. The summed E-state index contributed by atoms with van der Waals surface area (Å²) < 4.78 is 0. The van der Waals surface area contributed by atoms with Crippen LogP contribution >= 0.6 is 11.6 Å². The van der Waals surface area contributed by atoms with Crippen LogP contribution in [0.15, 0.2) is 48.2 Å². The third kappa shape index (κ3) is 4.38. The first-order valence-electron chi connectivity index (χ1n) is 10.8. The van der Waals surface area contributed by atoms with Crippen molar-refractivity contribution in [3.05, 3.63) is 58.8 Å². The zero-order valence-electron chi connectivity index (χ0n) is 18.1. The minimum absolute atomic E-state index is 0.0520. The van der Waals surface area contributed by atoms with Gasteiger partial charge in [-0.05, 0) is 44.6 Å². The number of halogens is 1. The minimum Gasteiger partial charge on any atom is -0.352 e. The Morgan fingerprint density at radius 1 is 1.28 bits per heavy atom. The van der Waals surface area contributed by atoms with Crippen molar-refractivity contribution in [3.8, 4) is 0 Å². The van der Waals surface area contributed by atoms with E-state index in [4.69, 9.17) is 11.6 Å². The molecule has 1 atom stereocenters. The molecule has 3 aliphatic rings. The number of piperidine rings is 1. The van der Waals surface area contributed by atoms with Crippen LogP contribution in [0.5, 0.6) is 0 Å². The lowest BCUT2D eigenvalue weighted by Crippen LogP contribution is -2.47. The van der Waals surface area contributed by atoms with Gasteiger partial charge < -0.3 is 20.4 Å². The van der Waals surface area contributed by atoms with Crippen molar-refractivity contribution < 1.29 is 14.4 Å². The molecule has 0 spiro atoms. The maximum Gasteiger partial charge on any atom is 0.322 e. The maximum absolute atomic E-state index is 13.4. The van der Waals surface area contributed by atoms with Crippen molar-refractivity contribution in [3.63, 3.8) is 0 Å². The molecule has 4 rings (SSSR count). The molecule has 3 aliphatic heterocycles. The highest BCUT2D eigenvalue weighted by Crippen LogP contribution is 2.38. The summed E-state index contributed by atoms with van der Waals surface area (Å²) in [5, 5.41) is 6.42. The average molecular weight is 458 g/mol. The van der Waals surface area contributed by atoms with Gasteiger partial charge in [0.2, 0.25) is 5.91 Å². The van der Waals surface area contributed by atoms with Crippen LogP contribution in [0.1, 0.15) is 24.4 Å². The number of benzene rings is 1. The molecule has 1 unspecified atom stereocenters. The molecule has 0 bridgehead atoms. The number of carbonyl (C=O) groups is 3. The van der Waals surface area contributed by atoms with E-state index in [2.05, 4.69) is 29.2 Å². The summed E-state index contributed by atoms with van der Waals surface area (Å²) in [6.45, 7) is 6.00. The molecule has 1 fully saturated rings. The van der Waals surface area contributed by atoms with E-state index in [9.17, 15) is 14.4 Å². The first-order valence-corrected chi connectivity index (χ1v) is 11.2. The van der Waals surface area contributed by atoms with E-state index < -0.39 is 6.04 Å². The van der Waals surface area contributed by atoms with Gasteiger partial charge in [0.05, 0.1) is 23.9 Å². The highest BCUT2D eigenvalue weighted by atomic mass is 35.5. The van der Waals surface area contributed by atoms with Gasteiger partial charge in [0.15, 0.2) is 0 Å². The van der Waals surface area contributed by atoms with E-state index in [-0.39, 0.29) is 43.5 Å². The summed E-state index contributed by atoms with van der Waals surface area (Å²) in [5.74, 6) is -0.450. The van der Waals surface area contributed by atoms with Crippen LogP contribution in [0.3, 0.4) is 0 Å². The van der Waals surface area contributed by atoms with Crippen molar-refractivity contribution in [2.45, 2.75) is 24.9 Å². The van der Waals surface area contributed by atoms with Crippen molar-refractivity contribution >= 4 is 29.4 Å². The molecule has 32 heavy (non-hydrogen) atoms. The second kappa shape index (κ2) is 9.34. The van der Waals surface area contributed by atoms with Gasteiger partial charge in [0, 0.05) is 17.6 Å². The fraction of sp³-hybridized carbons (Fsp3) is 0.435. The SMILES string of the molecule is C=CCN1C(=O)NC(c2ccccc2Cl)C2=C1CN(CC(=O)NC1CCN(C)CC1)C2=O. The van der Waals surface area contributed by atoms with Gasteiger partial charge in [-0.25, -0.2) is 4.79 Å². The number of hydrogen-bond donors (Lipinski definition) is 2. The van der Waals surface area contributed by atoms with Gasteiger partial charge in [-0.2, -0.15) is 0 Å². The van der Waals surface area contributed by atoms with E-state index in [0.29, 0.717) is 21.9 Å². The molecule has 170 valence electrons. The van der Waals surface area contributed by atoms with Gasteiger partial charge in [0.1, 0.15) is 6.54 Å². The number of carbonyl (C=O) groups excluding carboxylic acids is 3. The van der Waals surface area contributed by atoms with Crippen LogP contribution in [-0.4, -0.2) is 78.4 Å². The Hall–Kier alpha value is -2.84. The first-order chi connectivity index (χ1) is 15.4. The second-order valence-corrected chi connectivity index (χ2v) is 8.88. The zero-order valence-corrected chi connectivity index (χ0v) is 18.9. The quantitative estimate of drug-likeness (QED) is 0.639. The first kappa shape index (κ1) is 22.4. The van der Waals surface area contributed by atoms with Crippen LogP contribution in [0.2, 0.25) is 5.02 Å². The van der Waals surface area contributed by atoms with Crippen molar-refractivity contribution in [2.75, 3.05) is 39.8 Å². The summed E-state index contributed by atoms with van der Waals surface area (Å²) in [7, 11) is 2.07. The van der Waals surface area contributed by atoms with Gasteiger partial charge in [-0.15, -0.1) is 6.58 Å². The smallest absolute Gasteiger partial charge is 0.322 e. The molecule has 1 aromatic carbocycles. The van der Waals surface area contributed by atoms with Crippen molar-refractivity contribution in [2.24, 2.45) is 0 Å². The lowest BCUT2D eigenvalue weighted by atomic mass is 9.95. The van der Waals surface area contributed by atoms with Gasteiger partial charge in [-0.3, -0.25) is 14.5 Å². The summed E-state index contributed by atoms with van der Waals surface area (Å²) in [5.41, 5.74) is 1.70. The summed E-state index contributed by atoms with van der Waals surface area (Å²) >= 11 is 6.38. The molecule has 0 aromatic heterocycles. The molecule has 0 radical (unpaired) electrons. The average Bonchev–Trinajstić information content (AvgIpc) is 3.08. The third-order valence-corrected chi connectivity index (χ3v) is 6.59. The molecule has 4 amide bonds. The molecular formula is C23H28ClN5O3. The lowest BCUT2D eigenvalue weighted by molar-refractivity contribution is -0.132. The Morgan fingerprint density at radius 3 is 2.69 bits per heavy atom. The number of likely N-dealkylation sites (tertiary alicyclic amines) is 1.